The van der Waals surface area contributed by atoms with Gasteiger partial charge in [0.05, 0.1) is 13.2 Å². The molecular weight excluding hydrogens is 584 g/mol. The van der Waals surface area contributed by atoms with E-state index in [0.29, 0.717) is 49.7 Å². The quantitative estimate of drug-likeness (QED) is 0.114. The van der Waals surface area contributed by atoms with Gasteiger partial charge in [-0.1, -0.05) is 57.5 Å². The fraction of sp³-hybridized carbons (Fsp3) is 0.613. The Balaban J connectivity index is 2.06. The Hall–Kier alpha value is -3.10. The summed E-state index contributed by atoms with van der Waals surface area (Å²) in [7, 11) is 0. The van der Waals surface area contributed by atoms with E-state index < -0.39 is 17.9 Å². The summed E-state index contributed by atoms with van der Waals surface area (Å²) in [6.45, 7) is 11.5. The SMILES string of the molecule is CCCOC(C[C@@H](N)C(C)C)c1nc(C(=O)N[C@@H](Cc2ccc(C)cc2)C[C@H](C)C(=O)NNC(=O)OCCOCCN)cs1. The largest absolute Gasteiger partial charge is 0.446 e. The number of amides is 3. The monoisotopic (exact) mass is 634 g/mol. The van der Waals surface area contributed by atoms with Gasteiger partial charge in [-0.25, -0.2) is 15.2 Å². The maximum Gasteiger partial charge on any atom is 0.426 e. The highest BCUT2D eigenvalue weighted by atomic mass is 32.1. The molecule has 0 aliphatic carbocycles. The minimum Gasteiger partial charge on any atom is -0.446 e. The average Bonchev–Trinajstić information content (AvgIpc) is 3.49. The molecule has 0 spiro atoms. The summed E-state index contributed by atoms with van der Waals surface area (Å²) in [5, 5.41) is 5.51. The Morgan fingerprint density at radius 1 is 1.00 bits per heavy atom. The molecule has 1 aromatic carbocycles. The van der Waals surface area contributed by atoms with Gasteiger partial charge in [0.25, 0.3) is 5.91 Å². The molecule has 2 aromatic rings. The van der Waals surface area contributed by atoms with Gasteiger partial charge in [0, 0.05) is 36.5 Å². The van der Waals surface area contributed by atoms with Crippen molar-refractivity contribution in [2.45, 2.75) is 78.5 Å². The molecule has 4 atom stereocenters. The zero-order valence-electron chi connectivity index (χ0n) is 26.6. The highest BCUT2D eigenvalue weighted by Crippen LogP contribution is 2.28. The summed E-state index contributed by atoms with van der Waals surface area (Å²) in [6, 6.07) is 7.57. The molecule has 2 rings (SSSR count). The second-order valence-corrected chi connectivity index (χ2v) is 12.1. The molecule has 0 bridgehead atoms. The van der Waals surface area contributed by atoms with E-state index in [4.69, 9.17) is 25.7 Å². The van der Waals surface area contributed by atoms with Gasteiger partial charge >= 0.3 is 6.09 Å². The molecule has 1 aromatic heterocycles. The molecule has 12 nitrogen and oxygen atoms in total. The van der Waals surface area contributed by atoms with Crippen LogP contribution in [0.15, 0.2) is 29.6 Å². The Morgan fingerprint density at radius 2 is 1.73 bits per heavy atom. The predicted molar refractivity (Wildman–Crippen MR) is 171 cm³/mol. The van der Waals surface area contributed by atoms with Crippen LogP contribution in [0, 0.1) is 18.8 Å². The molecule has 0 aliphatic rings. The number of ether oxygens (including phenoxy) is 3. The van der Waals surface area contributed by atoms with Gasteiger partial charge in [-0.2, -0.15) is 0 Å². The molecular formula is C31H50N6O6S. The first-order chi connectivity index (χ1) is 21.0. The van der Waals surface area contributed by atoms with Crippen molar-refractivity contribution in [2.75, 3.05) is 33.0 Å². The zero-order valence-corrected chi connectivity index (χ0v) is 27.4. The van der Waals surface area contributed by atoms with Crippen LogP contribution < -0.4 is 27.6 Å². The number of hydrogen-bond acceptors (Lipinski definition) is 10. The predicted octanol–water partition coefficient (Wildman–Crippen LogP) is 3.39. The van der Waals surface area contributed by atoms with Gasteiger partial charge in [0.15, 0.2) is 0 Å². The number of benzene rings is 1. The second kappa shape index (κ2) is 20.0. The third kappa shape index (κ3) is 13.7. The standard InChI is InChI=1S/C31H50N6O6S/c1-6-12-42-27(18-25(33)20(2)3)30-35-26(19-44-30)29(39)34-24(17-23-9-7-21(4)8-10-23)16-22(5)28(38)36-37-31(40)43-15-14-41-13-11-32/h7-10,19-20,22,24-25,27H,6,11-18,32-33H2,1-5H3,(H,34,39)(H,36,38)(H,37,40)/t22-,24+,25+,27?/m0/s1. The number of carbonyl (C=O) groups excluding carboxylic acids is 3. The van der Waals surface area contributed by atoms with Crippen LogP contribution in [0.1, 0.15) is 79.7 Å². The highest BCUT2D eigenvalue weighted by Gasteiger charge is 2.25. The van der Waals surface area contributed by atoms with E-state index in [2.05, 4.69) is 35.0 Å². The minimum absolute atomic E-state index is 0.0241. The number of hydrazine groups is 1. The lowest BCUT2D eigenvalue weighted by molar-refractivity contribution is -0.125. The van der Waals surface area contributed by atoms with Gasteiger partial charge in [-0.3, -0.25) is 15.0 Å². The molecule has 246 valence electrons. The van der Waals surface area contributed by atoms with E-state index >= 15 is 0 Å². The van der Waals surface area contributed by atoms with Crippen molar-refractivity contribution in [3.63, 3.8) is 0 Å². The molecule has 0 fully saturated rings. The van der Waals surface area contributed by atoms with Gasteiger partial charge in [0.1, 0.15) is 23.4 Å². The minimum atomic E-state index is -0.804. The first-order valence-corrected chi connectivity index (χ1v) is 16.1. The van der Waals surface area contributed by atoms with Crippen LogP contribution in [-0.2, 0) is 25.4 Å². The van der Waals surface area contributed by atoms with Crippen LogP contribution >= 0.6 is 11.3 Å². The Labute approximate surface area is 265 Å². The fourth-order valence-corrected chi connectivity index (χ4v) is 5.06. The molecule has 1 heterocycles. The summed E-state index contributed by atoms with van der Waals surface area (Å²) in [5.74, 6) is -1.01. The van der Waals surface area contributed by atoms with E-state index in [-0.39, 0.29) is 43.2 Å². The van der Waals surface area contributed by atoms with Crippen molar-refractivity contribution in [3.05, 3.63) is 51.5 Å². The summed E-state index contributed by atoms with van der Waals surface area (Å²) in [4.78, 5) is 42.7. The smallest absolute Gasteiger partial charge is 0.426 e. The highest BCUT2D eigenvalue weighted by molar-refractivity contribution is 7.09. The van der Waals surface area contributed by atoms with Crippen molar-refractivity contribution >= 4 is 29.2 Å². The van der Waals surface area contributed by atoms with E-state index in [1.54, 1.807) is 12.3 Å². The molecule has 0 radical (unpaired) electrons. The summed E-state index contributed by atoms with van der Waals surface area (Å²) in [6.07, 6.45) is 1.20. The molecule has 3 amide bonds. The number of carbonyl (C=O) groups is 3. The summed E-state index contributed by atoms with van der Waals surface area (Å²) in [5.41, 5.74) is 18.7. The lowest BCUT2D eigenvalue weighted by Crippen LogP contribution is -2.46. The van der Waals surface area contributed by atoms with E-state index in [1.165, 1.54) is 11.3 Å². The number of hydrogen-bond donors (Lipinski definition) is 5. The number of thiazole rings is 1. The Bertz CT molecular complexity index is 1140. The van der Waals surface area contributed by atoms with Gasteiger partial charge in [-0.15, -0.1) is 11.3 Å². The summed E-state index contributed by atoms with van der Waals surface area (Å²) < 4.78 is 16.2. The number of nitrogens with one attached hydrogen (secondary N) is 3. The summed E-state index contributed by atoms with van der Waals surface area (Å²) >= 11 is 1.38. The lowest BCUT2D eigenvalue weighted by Gasteiger charge is -2.22. The van der Waals surface area contributed by atoms with Crippen LogP contribution in [0.2, 0.25) is 0 Å². The number of rotatable bonds is 19. The Kier molecular flexibility index (Phi) is 16.9. The molecule has 0 saturated carbocycles. The number of nitrogens with zero attached hydrogens (tertiary/aromatic N) is 1. The van der Waals surface area contributed by atoms with Crippen LogP contribution in [0.5, 0.6) is 0 Å². The second-order valence-electron chi connectivity index (χ2n) is 11.2. The average molecular weight is 635 g/mol. The van der Waals surface area contributed by atoms with Crippen LogP contribution in [0.3, 0.4) is 0 Å². The van der Waals surface area contributed by atoms with Crippen molar-refractivity contribution < 1.29 is 28.6 Å². The van der Waals surface area contributed by atoms with Gasteiger partial charge < -0.3 is 31.0 Å². The molecule has 7 N–H and O–H groups in total. The number of aromatic nitrogens is 1. The van der Waals surface area contributed by atoms with Crippen LogP contribution in [-0.4, -0.2) is 67.9 Å². The molecule has 13 heteroatoms. The first kappa shape index (κ1) is 37.1. The maximum atomic E-state index is 13.4. The van der Waals surface area contributed by atoms with Gasteiger partial charge in [0.2, 0.25) is 5.91 Å². The maximum absolute atomic E-state index is 13.4. The Morgan fingerprint density at radius 3 is 2.39 bits per heavy atom. The lowest BCUT2D eigenvalue weighted by atomic mass is 9.95. The third-order valence-electron chi connectivity index (χ3n) is 6.93. The van der Waals surface area contributed by atoms with E-state index in [0.717, 1.165) is 17.5 Å². The van der Waals surface area contributed by atoms with Crippen molar-refractivity contribution in [2.24, 2.45) is 23.3 Å². The first-order valence-electron chi connectivity index (χ1n) is 15.2. The third-order valence-corrected chi connectivity index (χ3v) is 7.87. The molecule has 0 saturated heterocycles. The molecule has 0 aliphatic heterocycles. The van der Waals surface area contributed by atoms with Crippen LogP contribution in [0.4, 0.5) is 4.79 Å². The normalized spacial score (nSPS) is 14.0. The zero-order chi connectivity index (χ0) is 32.5. The van der Waals surface area contributed by atoms with E-state index in [1.807, 2.05) is 38.1 Å². The van der Waals surface area contributed by atoms with Gasteiger partial charge in [-0.05, 0) is 44.1 Å². The van der Waals surface area contributed by atoms with Crippen molar-refractivity contribution in [1.82, 2.24) is 21.2 Å². The van der Waals surface area contributed by atoms with Crippen molar-refractivity contribution in [1.29, 1.82) is 0 Å². The number of nitrogens with two attached hydrogens (primary N) is 2. The molecule has 1 unspecified atom stereocenters. The number of aryl methyl sites for hydroxylation is 1. The topological polar surface area (TPSA) is 180 Å². The van der Waals surface area contributed by atoms with Crippen molar-refractivity contribution in [3.8, 4) is 0 Å². The fourth-order valence-electron chi connectivity index (χ4n) is 4.21. The van der Waals surface area contributed by atoms with Crippen LogP contribution in [0.25, 0.3) is 0 Å². The molecule has 44 heavy (non-hydrogen) atoms. The van der Waals surface area contributed by atoms with E-state index in [9.17, 15) is 14.4 Å².